The fourth-order valence-electron chi connectivity index (χ4n) is 4.01. The molecule has 0 spiro atoms. The minimum atomic E-state index is -3.56. The molecule has 0 radical (unpaired) electrons. The Hall–Kier alpha value is -3.45. The van der Waals surface area contributed by atoms with Crippen LogP contribution in [0.4, 0.5) is 0 Å². The molecular formula is C23H19N3O3S. The number of aromatic nitrogens is 3. The summed E-state index contributed by atoms with van der Waals surface area (Å²) in [5, 5.41) is 7.51. The maximum Gasteiger partial charge on any atom is 0.167 e. The first kappa shape index (κ1) is 18.6. The molecule has 0 bridgehead atoms. The number of rotatable bonds is 5. The molecule has 4 aromatic rings. The predicted molar refractivity (Wildman–Crippen MR) is 114 cm³/mol. The van der Waals surface area contributed by atoms with Gasteiger partial charge in [-0.25, -0.2) is 13.1 Å². The zero-order valence-electron chi connectivity index (χ0n) is 16.3. The molecule has 0 unspecified atom stereocenters. The maximum atomic E-state index is 13.5. The molecule has 0 atom stereocenters. The molecule has 5 rings (SSSR count). The van der Waals surface area contributed by atoms with E-state index < -0.39 is 15.1 Å². The average molecular weight is 417 g/mol. The highest BCUT2D eigenvalue weighted by Gasteiger charge is 2.38. The lowest BCUT2D eigenvalue weighted by molar-refractivity contribution is 0.414. The summed E-state index contributed by atoms with van der Waals surface area (Å²) in [6, 6.07) is 22.7. The van der Waals surface area contributed by atoms with Crippen LogP contribution in [0.1, 0.15) is 22.1 Å². The first-order valence-corrected chi connectivity index (χ1v) is 11.2. The van der Waals surface area contributed by atoms with Gasteiger partial charge in [0.2, 0.25) is 0 Å². The minimum absolute atomic E-state index is 0.184. The van der Waals surface area contributed by atoms with Gasteiger partial charge in [0.1, 0.15) is 11.0 Å². The molecule has 6 nitrogen and oxygen atoms in total. The molecule has 0 saturated heterocycles. The Labute approximate surface area is 174 Å². The third-order valence-corrected chi connectivity index (χ3v) is 7.29. The second kappa shape index (κ2) is 7.11. The quantitative estimate of drug-likeness (QED) is 0.491. The molecule has 1 aromatic heterocycles. The summed E-state index contributed by atoms with van der Waals surface area (Å²) in [5.74, 6) is 0.552. The van der Waals surface area contributed by atoms with Crippen molar-refractivity contribution in [2.45, 2.75) is 11.0 Å². The smallest absolute Gasteiger partial charge is 0.167 e. The number of methoxy groups -OCH3 is 1. The van der Waals surface area contributed by atoms with Crippen molar-refractivity contribution in [2.24, 2.45) is 0 Å². The van der Waals surface area contributed by atoms with Crippen molar-refractivity contribution < 1.29 is 13.2 Å². The van der Waals surface area contributed by atoms with E-state index in [0.29, 0.717) is 5.69 Å². The fraction of sp³-hybridized carbons (Fsp3) is 0.130. The SMILES string of the molecule is COc1ccc(-n2cc(CS(=O)(=O)C3c4ccccc4-c4ccccc43)nn2)cc1. The topological polar surface area (TPSA) is 74.1 Å². The molecule has 3 aromatic carbocycles. The molecule has 1 aliphatic rings. The molecule has 0 aliphatic heterocycles. The number of fused-ring (bicyclic) bond motifs is 3. The summed E-state index contributed by atoms with van der Waals surface area (Å²) < 4.78 is 33.7. The van der Waals surface area contributed by atoms with Gasteiger partial charge in [-0.1, -0.05) is 53.7 Å². The van der Waals surface area contributed by atoms with Crippen LogP contribution in [-0.2, 0) is 15.6 Å². The highest BCUT2D eigenvalue weighted by molar-refractivity contribution is 7.91. The van der Waals surface area contributed by atoms with E-state index >= 15 is 0 Å². The van der Waals surface area contributed by atoms with Gasteiger partial charge < -0.3 is 4.74 Å². The van der Waals surface area contributed by atoms with Crippen LogP contribution in [-0.4, -0.2) is 30.5 Å². The van der Waals surface area contributed by atoms with E-state index in [1.807, 2.05) is 72.8 Å². The standard InChI is InChI=1S/C23H19N3O3S/c1-29-18-12-10-17(11-13-18)26-14-16(24-25-26)15-30(27,28)23-21-8-4-2-6-19(21)20-7-3-5-9-22(20)23/h2-14,23H,15H2,1H3. The lowest BCUT2D eigenvalue weighted by Gasteiger charge is -2.14. The Bertz CT molecular complexity index is 1280. The average Bonchev–Trinajstić information content (AvgIpc) is 3.36. The zero-order valence-corrected chi connectivity index (χ0v) is 17.1. The molecule has 7 heteroatoms. The molecule has 30 heavy (non-hydrogen) atoms. The third kappa shape index (κ3) is 3.07. The van der Waals surface area contributed by atoms with E-state index in [2.05, 4.69) is 10.3 Å². The molecule has 0 N–H and O–H groups in total. The van der Waals surface area contributed by atoms with Crippen molar-refractivity contribution in [2.75, 3.05) is 7.11 Å². The van der Waals surface area contributed by atoms with Gasteiger partial charge in [0.05, 0.1) is 30.4 Å². The van der Waals surface area contributed by atoms with Crippen LogP contribution in [0.2, 0.25) is 0 Å². The van der Waals surface area contributed by atoms with E-state index in [1.54, 1.807) is 18.0 Å². The second-order valence-electron chi connectivity index (χ2n) is 7.21. The van der Waals surface area contributed by atoms with Crippen molar-refractivity contribution in [1.29, 1.82) is 0 Å². The second-order valence-corrected chi connectivity index (χ2v) is 9.30. The van der Waals surface area contributed by atoms with E-state index in [0.717, 1.165) is 33.7 Å². The van der Waals surface area contributed by atoms with E-state index in [-0.39, 0.29) is 5.75 Å². The monoisotopic (exact) mass is 417 g/mol. The van der Waals surface area contributed by atoms with Gasteiger partial charge in [-0.05, 0) is 46.5 Å². The molecule has 0 fully saturated rings. The van der Waals surface area contributed by atoms with Crippen LogP contribution in [0, 0.1) is 0 Å². The first-order valence-electron chi connectivity index (χ1n) is 9.52. The minimum Gasteiger partial charge on any atom is -0.497 e. The Morgan fingerprint density at radius 3 is 2.10 bits per heavy atom. The molecule has 0 amide bonds. The summed E-state index contributed by atoms with van der Waals surface area (Å²) >= 11 is 0. The summed E-state index contributed by atoms with van der Waals surface area (Å²) in [7, 11) is -1.95. The van der Waals surface area contributed by atoms with E-state index in [9.17, 15) is 8.42 Å². The van der Waals surface area contributed by atoms with Gasteiger partial charge in [-0.15, -0.1) is 5.10 Å². The number of ether oxygens (including phenoxy) is 1. The lowest BCUT2D eigenvalue weighted by Crippen LogP contribution is -2.15. The Morgan fingerprint density at radius 1 is 0.900 bits per heavy atom. The molecule has 150 valence electrons. The van der Waals surface area contributed by atoms with E-state index in [4.69, 9.17) is 4.74 Å². The normalized spacial score (nSPS) is 13.1. The van der Waals surface area contributed by atoms with Crippen LogP contribution < -0.4 is 4.74 Å². The largest absolute Gasteiger partial charge is 0.497 e. The van der Waals surface area contributed by atoms with Crippen LogP contribution in [0.5, 0.6) is 5.75 Å². The summed E-state index contributed by atoms with van der Waals surface area (Å²) in [6.07, 6.45) is 1.66. The summed E-state index contributed by atoms with van der Waals surface area (Å²) in [5.41, 5.74) is 4.78. The maximum absolute atomic E-state index is 13.5. The van der Waals surface area contributed by atoms with Gasteiger partial charge in [-0.2, -0.15) is 0 Å². The van der Waals surface area contributed by atoms with Crippen molar-refractivity contribution in [3.8, 4) is 22.6 Å². The summed E-state index contributed by atoms with van der Waals surface area (Å²) in [4.78, 5) is 0. The van der Waals surface area contributed by atoms with Gasteiger partial charge in [-0.3, -0.25) is 0 Å². The highest BCUT2D eigenvalue weighted by Crippen LogP contribution is 2.47. The molecule has 0 saturated carbocycles. The summed E-state index contributed by atoms with van der Waals surface area (Å²) in [6.45, 7) is 0. The van der Waals surface area contributed by atoms with Crippen molar-refractivity contribution in [3.05, 3.63) is 95.8 Å². The fourth-order valence-corrected chi connectivity index (χ4v) is 5.91. The Balaban J connectivity index is 1.48. The van der Waals surface area contributed by atoms with Crippen molar-refractivity contribution in [3.63, 3.8) is 0 Å². The van der Waals surface area contributed by atoms with Gasteiger partial charge in [0, 0.05) is 0 Å². The highest BCUT2D eigenvalue weighted by atomic mass is 32.2. The van der Waals surface area contributed by atoms with Crippen molar-refractivity contribution in [1.82, 2.24) is 15.0 Å². The number of nitrogens with zero attached hydrogens (tertiary/aromatic N) is 3. The molecule has 1 heterocycles. The Morgan fingerprint density at radius 2 is 1.50 bits per heavy atom. The lowest BCUT2D eigenvalue weighted by atomic mass is 10.1. The number of benzene rings is 3. The van der Waals surface area contributed by atoms with Crippen LogP contribution in [0.25, 0.3) is 16.8 Å². The molecule has 1 aliphatic carbocycles. The zero-order chi connectivity index (χ0) is 20.7. The van der Waals surface area contributed by atoms with Gasteiger partial charge >= 0.3 is 0 Å². The van der Waals surface area contributed by atoms with Crippen LogP contribution in [0.3, 0.4) is 0 Å². The van der Waals surface area contributed by atoms with Gasteiger partial charge in [0.15, 0.2) is 9.84 Å². The number of hydrogen-bond acceptors (Lipinski definition) is 5. The van der Waals surface area contributed by atoms with Gasteiger partial charge in [0.25, 0.3) is 0 Å². The number of hydrogen-bond donors (Lipinski definition) is 0. The third-order valence-electron chi connectivity index (χ3n) is 5.36. The van der Waals surface area contributed by atoms with Crippen LogP contribution in [0.15, 0.2) is 79.0 Å². The van der Waals surface area contributed by atoms with Crippen LogP contribution >= 0.6 is 0 Å². The number of sulfone groups is 1. The Kier molecular flexibility index (Phi) is 4.40. The predicted octanol–water partition coefficient (Wildman–Crippen LogP) is 3.96. The van der Waals surface area contributed by atoms with E-state index in [1.165, 1.54) is 0 Å². The van der Waals surface area contributed by atoms with Crippen molar-refractivity contribution >= 4 is 9.84 Å². The first-order chi connectivity index (χ1) is 14.6. The molecular weight excluding hydrogens is 398 g/mol.